The molecule has 1 heterocycles. The maximum absolute atomic E-state index is 13.1. The highest BCUT2D eigenvalue weighted by molar-refractivity contribution is 6.27. The highest BCUT2D eigenvalue weighted by Crippen LogP contribution is 2.48. The molecule has 0 amide bonds. The summed E-state index contributed by atoms with van der Waals surface area (Å²) < 4.78 is 10.9. The third-order valence-corrected chi connectivity index (χ3v) is 6.02. The Bertz CT molecular complexity index is 1160. The van der Waals surface area contributed by atoms with Crippen LogP contribution in [0.2, 0.25) is 0 Å². The number of rotatable bonds is 3. The van der Waals surface area contributed by atoms with Crippen LogP contribution in [0.4, 0.5) is 5.69 Å². The summed E-state index contributed by atoms with van der Waals surface area (Å²) in [5, 5.41) is 5.99. The molecular weight excluding hydrogens is 362 g/mol. The lowest BCUT2D eigenvalue weighted by Crippen LogP contribution is -2.25. The number of methoxy groups -OCH3 is 2. The van der Waals surface area contributed by atoms with Gasteiger partial charge < -0.3 is 14.8 Å². The van der Waals surface area contributed by atoms with E-state index in [4.69, 9.17) is 9.47 Å². The molecule has 5 rings (SSSR count). The second-order valence-electron chi connectivity index (χ2n) is 7.58. The average molecular weight is 385 g/mol. The molecule has 1 aliphatic carbocycles. The van der Waals surface area contributed by atoms with Crippen LogP contribution < -0.4 is 14.8 Å². The van der Waals surface area contributed by atoms with Gasteiger partial charge in [0.15, 0.2) is 17.3 Å². The number of benzene rings is 3. The summed E-state index contributed by atoms with van der Waals surface area (Å²) in [5.41, 5.74) is 5.22. The summed E-state index contributed by atoms with van der Waals surface area (Å²) in [6, 6.07) is 18.4. The molecule has 1 N–H and O–H groups in total. The predicted octanol–water partition coefficient (Wildman–Crippen LogP) is 5.53. The number of fused-ring (bicyclic) bond motifs is 4. The fourth-order valence-corrected chi connectivity index (χ4v) is 4.68. The van der Waals surface area contributed by atoms with Crippen molar-refractivity contribution in [2.24, 2.45) is 0 Å². The van der Waals surface area contributed by atoms with Crippen LogP contribution in [0, 0.1) is 0 Å². The third kappa shape index (κ3) is 2.79. The molecule has 0 saturated heterocycles. The first-order valence-electron chi connectivity index (χ1n) is 9.98. The van der Waals surface area contributed by atoms with Gasteiger partial charge >= 0.3 is 0 Å². The van der Waals surface area contributed by atoms with Crippen LogP contribution in [0.25, 0.3) is 16.3 Å². The van der Waals surface area contributed by atoms with Crippen molar-refractivity contribution in [2.75, 3.05) is 19.5 Å². The van der Waals surface area contributed by atoms with Gasteiger partial charge in [-0.2, -0.15) is 0 Å². The molecule has 3 aromatic carbocycles. The van der Waals surface area contributed by atoms with Crippen LogP contribution in [0.1, 0.15) is 36.4 Å². The van der Waals surface area contributed by atoms with Crippen molar-refractivity contribution in [3.63, 3.8) is 0 Å². The van der Waals surface area contributed by atoms with Gasteiger partial charge in [0.2, 0.25) is 0 Å². The van der Waals surface area contributed by atoms with Crippen molar-refractivity contribution < 1.29 is 14.3 Å². The van der Waals surface area contributed by atoms with E-state index in [0.717, 1.165) is 46.0 Å². The lowest BCUT2D eigenvalue weighted by molar-refractivity contribution is -0.114. The summed E-state index contributed by atoms with van der Waals surface area (Å²) >= 11 is 0. The van der Waals surface area contributed by atoms with Crippen molar-refractivity contribution in [3.05, 3.63) is 71.3 Å². The highest BCUT2D eigenvalue weighted by Gasteiger charge is 2.34. The molecular formula is C25H23NO3. The minimum absolute atomic E-state index is 0.0530. The Morgan fingerprint density at radius 3 is 2.59 bits per heavy atom. The van der Waals surface area contributed by atoms with E-state index in [1.54, 1.807) is 14.2 Å². The van der Waals surface area contributed by atoms with Crippen molar-refractivity contribution in [2.45, 2.75) is 25.3 Å². The van der Waals surface area contributed by atoms with Crippen LogP contribution in [-0.2, 0) is 4.79 Å². The van der Waals surface area contributed by atoms with Crippen molar-refractivity contribution in [3.8, 4) is 11.5 Å². The predicted molar refractivity (Wildman–Crippen MR) is 116 cm³/mol. The van der Waals surface area contributed by atoms with E-state index in [1.165, 1.54) is 5.57 Å². The van der Waals surface area contributed by atoms with Crippen LogP contribution in [0.3, 0.4) is 0 Å². The monoisotopic (exact) mass is 385 g/mol. The van der Waals surface area contributed by atoms with Gasteiger partial charge in [-0.25, -0.2) is 0 Å². The summed E-state index contributed by atoms with van der Waals surface area (Å²) in [6.45, 7) is 0. The fraction of sp³-hybridized carbons (Fsp3) is 0.240. The zero-order valence-electron chi connectivity index (χ0n) is 16.6. The van der Waals surface area contributed by atoms with Gasteiger partial charge in [0.1, 0.15) is 0 Å². The highest BCUT2D eigenvalue weighted by atomic mass is 16.5. The summed E-state index contributed by atoms with van der Waals surface area (Å²) in [6.07, 6.45) is 2.42. The molecule has 29 heavy (non-hydrogen) atoms. The quantitative estimate of drug-likeness (QED) is 0.644. The number of allylic oxidation sites excluding steroid dienone is 1. The van der Waals surface area contributed by atoms with E-state index in [-0.39, 0.29) is 11.8 Å². The van der Waals surface area contributed by atoms with Crippen molar-refractivity contribution >= 4 is 27.8 Å². The summed E-state index contributed by atoms with van der Waals surface area (Å²) in [5.74, 6) is 1.64. The Morgan fingerprint density at radius 2 is 1.76 bits per heavy atom. The first-order valence-corrected chi connectivity index (χ1v) is 9.98. The third-order valence-electron chi connectivity index (χ3n) is 6.02. The van der Waals surface area contributed by atoms with Gasteiger partial charge in [-0.15, -0.1) is 0 Å². The molecule has 3 aromatic rings. The van der Waals surface area contributed by atoms with Gasteiger partial charge in [-0.05, 0) is 52.9 Å². The van der Waals surface area contributed by atoms with Crippen LogP contribution in [0.15, 0.2) is 60.2 Å². The number of anilines is 1. The molecule has 4 heteroatoms. The number of ether oxygens (including phenoxy) is 2. The second-order valence-corrected chi connectivity index (χ2v) is 7.58. The Morgan fingerprint density at radius 1 is 0.931 bits per heavy atom. The second kappa shape index (κ2) is 6.96. The summed E-state index contributed by atoms with van der Waals surface area (Å²) in [7, 11) is 3.28. The van der Waals surface area contributed by atoms with E-state index < -0.39 is 0 Å². The molecule has 2 aliphatic rings. The molecule has 0 bridgehead atoms. The standard InChI is InChI=1S/C25H23NO3/c1-28-21-13-11-16(14-22(21)29-2)25-18-8-5-9-20(27)24(18)23-17-7-4-3-6-15(17)10-12-19(23)26-25/h3-4,6-7,10-14,25-26H,5,8-9H2,1-2H3/t25-/m0/s1. The maximum atomic E-state index is 13.1. The largest absolute Gasteiger partial charge is 0.493 e. The molecule has 146 valence electrons. The van der Waals surface area contributed by atoms with Crippen LogP contribution >= 0.6 is 0 Å². The topological polar surface area (TPSA) is 47.6 Å². The summed E-state index contributed by atoms with van der Waals surface area (Å²) in [4.78, 5) is 13.1. The molecule has 0 aromatic heterocycles. The first kappa shape index (κ1) is 17.8. The van der Waals surface area contributed by atoms with Gasteiger partial charge in [0.25, 0.3) is 0 Å². The zero-order chi connectivity index (χ0) is 20.0. The zero-order valence-corrected chi connectivity index (χ0v) is 16.6. The van der Waals surface area contributed by atoms with Gasteiger partial charge in [-0.1, -0.05) is 36.4 Å². The number of ketones is 1. The number of hydrogen-bond donors (Lipinski definition) is 1. The molecule has 0 spiro atoms. The van der Waals surface area contributed by atoms with Gasteiger partial charge in [0.05, 0.1) is 20.3 Å². The Hall–Kier alpha value is -3.27. The fourth-order valence-electron chi connectivity index (χ4n) is 4.68. The van der Waals surface area contributed by atoms with Crippen LogP contribution in [-0.4, -0.2) is 20.0 Å². The maximum Gasteiger partial charge on any atom is 0.163 e. The number of hydrogen-bond acceptors (Lipinski definition) is 4. The molecule has 0 saturated carbocycles. The number of carbonyl (C=O) groups excluding carboxylic acids is 1. The molecule has 0 fully saturated rings. The molecule has 1 atom stereocenters. The molecule has 1 aliphatic heterocycles. The minimum atomic E-state index is -0.0530. The van der Waals surface area contributed by atoms with E-state index in [1.807, 2.05) is 24.3 Å². The lowest BCUT2D eigenvalue weighted by atomic mass is 9.77. The van der Waals surface area contributed by atoms with Crippen molar-refractivity contribution in [1.29, 1.82) is 0 Å². The molecule has 0 radical (unpaired) electrons. The van der Waals surface area contributed by atoms with E-state index >= 15 is 0 Å². The van der Waals surface area contributed by atoms with Gasteiger partial charge in [0, 0.05) is 23.2 Å². The molecule has 0 unspecified atom stereocenters. The Balaban J connectivity index is 1.73. The van der Waals surface area contributed by atoms with Crippen LogP contribution in [0.5, 0.6) is 11.5 Å². The SMILES string of the molecule is COc1ccc([C@@H]2Nc3ccc4ccccc4c3C3=C2CCCC3=O)cc1OC. The normalized spacial score (nSPS) is 18.1. The average Bonchev–Trinajstić information content (AvgIpc) is 2.77. The van der Waals surface area contributed by atoms with E-state index in [2.05, 4.69) is 35.6 Å². The lowest BCUT2D eigenvalue weighted by Gasteiger charge is -2.35. The van der Waals surface area contributed by atoms with Crippen molar-refractivity contribution in [1.82, 2.24) is 0 Å². The first-order chi connectivity index (χ1) is 14.2. The minimum Gasteiger partial charge on any atom is -0.493 e. The number of carbonyl (C=O) groups is 1. The Labute approximate surface area is 170 Å². The van der Waals surface area contributed by atoms with Gasteiger partial charge in [-0.3, -0.25) is 4.79 Å². The number of Topliss-reactive ketones (excluding diaryl/α,β-unsaturated/α-hetero) is 1. The molecule has 4 nitrogen and oxygen atoms in total. The van der Waals surface area contributed by atoms with E-state index in [9.17, 15) is 4.79 Å². The Kier molecular flexibility index (Phi) is 4.27. The number of nitrogens with one attached hydrogen (secondary N) is 1. The van der Waals surface area contributed by atoms with E-state index in [0.29, 0.717) is 17.9 Å². The smallest absolute Gasteiger partial charge is 0.163 e.